The van der Waals surface area contributed by atoms with Gasteiger partial charge in [0.25, 0.3) is 0 Å². The van der Waals surface area contributed by atoms with E-state index in [4.69, 9.17) is 4.74 Å². The summed E-state index contributed by atoms with van der Waals surface area (Å²) in [6.45, 7) is 4.52. The van der Waals surface area contributed by atoms with E-state index in [2.05, 4.69) is 15.3 Å². The van der Waals surface area contributed by atoms with Gasteiger partial charge in [-0.15, -0.1) is 0 Å². The summed E-state index contributed by atoms with van der Waals surface area (Å²) in [5, 5.41) is 12.0. The molecular weight excluding hydrogens is 470 g/mol. The molecule has 1 fully saturated rings. The van der Waals surface area contributed by atoms with Crippen LogP contribution in [0.4, 0.5) is 22.4 Å². The van der Waals surface area contributed by atoms with Gasteiger partial charge in [-0.2, -0.15) is 18.4 Å². The van der Waals surface area contributed by atoms with Crippen LogP contribution in [0, 0.1) is 11.3 Å². The van der Waals surface area contributed by atoms with Crippen LogP contribution >= 0.6 is 0 Å². The van der Waals surface area contributed by atoms with E-state index in [9.17, 15) is 32.4 Å². The van der Waals surface area contributed by atoms with Gasteiger partial charge in [0, 0.05) is 30.9 Å². The Hall–Kier alpha value is -3.75. The van der Waals surface area contributed by atoms with E-state index in [1.165, 1.54) is 18.3 Å². The highest BCUT2D eigenvalue weighted by Crippen LogP contribution is 2.29. The highest BCUT2D eigenvalue weighted by atomic mass is 19.4. The van der Waals surface area contributed by atoms with Crippen LogP contribution in [0.3, 0.4) is 0 Å². The smallest absolute Gasteiger partial charge is 0.433 e. The van der Waals surface area contributed by atoms with Crippen LogP contribution < -0.4 is 5.32 Å². The van der Waals surface area contributed by atoms with Crippen LogP contribution in [0.5, 0.6) is 0 Å². The molecule has 3 heterocycles. The van der Waals surface area contributed by atoms with Crippen molar-refractivity contribution in [3.05, 3.63) is 47.4 Å². The van der Waals surface area contributed by atoms with E-state index in [0.717, 1.165) is 17.2 Å². The molecule has 2 atom stereocenters. The number of ether oxygens (including phenoxy) is 1. The fourth-order valence-electron chi connectivity index (χ4n) is 3.47. The van der Waals surface area contributed by atoms with Crippen LogP contribution in [-0.2, 0) is 22.3 Å². The maximum Gasteiger partial charge on any atom is 0.433 e. The molecule has 2 amide bonds. The normalized spacial score (nSPS) is 18.2. The number of rotatable bonds is 4. The molecule has 3 rings (SSSR count). The third-order valence-corrected chi connectivity index (χ3v) is 5.09. The summed E-state index contributed by atoms with van der Waals surface area (Å²) in [5.41, 5.74) is -0.886. The fraction of sp³-hybridized carbons (Fsp3) is 0.435. The van der Waals surface area contributed by atoms with Gasteiger partial charge in [-0.05, 0) is 44.5 Å². The predicted molar refractivity (Wildman–Crippen MR) is 115 cm³/mol. The number of alkyl halides is 4. The zero-order valence-electron chi connectivity index (χ0n) is 19.2. The van der Waals surface area contributed by atoms with Crippen molar-refractivity contribution in [1.82, 2.24) is 20.2 Å². The second-order valence-electron chi connectivity index (χ2n) is 8.97. The summed E-state index contributed by atoms with van der Waals surface area (Å²) in [7, 11) is 0. The highest BCUT2D eigenvalue weighted by Gasteiger charge is 2.41. The van der Waals surface area contributed by atoms with Gasteiger partial charge in [0.1, 0.15) is 29.6 Å². The lowest BCUT2D eigenvalue weighted by atomic mass is 10.1. The summed E-state index contributed by atoms with van der Waals surface area (Å²) >= 11 is 0. The van der Waals surface area contributed by atoms with E-state index in [0.29, 0.717) is 5.56 Å². The lowest BCUT2D eigenvalue weighted by Gasteiger charge is -2.27. The van der Waals surface area contributed by atoms with Crippen molar-refractivity contribution in [2.75, 3.05) is 6.54 Å². The fourth-order valence-corrected chi connectivity index (χ4v) is 3.47. The van der Waals surface area contributed by atoms with Gasteiger partial charge < -0.3 is 10.1 Å². The molecule has 0 unspecified atom stereocenters. The van der Waals surface area contributed by atoms with Crippen LogP contribution in [0.15, 0.2) is 30.6 Å². The van der Waals surface area contributed by atoms with Crippen LogP contribution in [-0.4, -0.2) is 51.2 Å². The molecule has 1 aliphatic heterocycles. The first-order chi connectivity index (χ1) is 16.3. The van der Waals surface area contributed by atoms with E-state index in [1.807, 2.05) is 6.07 Å². The number of pyridine rings is 2. The minimum atomic E-state index is -4.59. The molecule has 0 saturated carbocycles. The molecule has 8 nitrogen and oxygen atoms in total. The van der Waals surface area contributed by atoms with Gasteiger partial charge >= 0.3 is 12.3 Å². The molecule has 1 aliphatic rings. The molecule has 2 aromatic rings. The summed E-state index contributed by atoms with van der Waals surface area (Å²) in [6, 6.07) is 4.30. The molecule has 1 saturated heterocycles. The molecule has 0 bridgehead atoms. The van der Waals surface area contributed by atoms with E-state index < -0.39 is 41.7 Å². The number of carbonyl (C=O) groups excluding carboxylic acids is 2. The standard InChI is InChI=1S/C23H23F4N5O3/c1-22(2,3)35-21(34)32-12-16(24)7-18(32)20(33)31-10-14-6-17(29-11-15(14)8-28)13-4-5-19(30-9-13)23(25,26)27/h4-6,9,11,16,18H,7,10,12H2,1-3H3,(H,31,33)/t16-,18-/m1/s1. The number of halogens is 4. The molecule has 0 radical (unpaired) electrons. The minimum Gasteiger partial charge on any atom is -0.444 e. The quantitative estimate of drug-likeness (QED) is 0.645. The van der Waals surface area contributed by atoms with E-state index in [1.54, 1.807) is 20.8 Å². The van der Waals surface area contributed by atoms with E-state index in [-0.39, 0.29) is 36.3 Å². The first-order valence-corrected chi connectivity index (χ1v) is 10.6. The Morgan fingerprint density at radius 1 is 1.23 bits per heavy atom. The lowest BCUT2D eigenvalue weighted by Crippen LogP contribution is -2.47. The Morgan fingerprint density at radius 2 is 1.94 bits per heavy atom. The number of hydrogen-bond donors (Lipinski definition) is 1. The summed E-state index contributed by atoms with van der Waals surface area (Å²) < 4.78 is 57.6. The Labute approximate surface area is 198 Å². The average molecular weight is 493 g/mol. The number of aromatic nitrogens is 2. The molecule has 0 spiro atoms. The minimum absolute atomic E-state index is 0.132. The maximum atomic E-state index is 14.0. The molecule has 12 heteroatoms. The molecule has 1 N–H and O–H groups in total. The Morgan fingerprint density at radius 3 is 2.51 bits per heavy atom. The largest absolute Gasteiger partial charge is 0.444 e. The summed E-state index contributed by atoms with van der Waals surface area (Å²) in [6.07, 6.45) is -4.75. The van der Waals surface area contributed by atoms with Crippen molar-refractivity contribution >= 4 is 12.0 Å². The first-order valence-electron chi connectivity index (χ1n) is 10.6. The van der Waals surface area contributed by atoms with Crippen molar-refractivity contribution in [3.63, 3.8) is 0 Å². The van der Waals surface area contributed by atoms with Crippen molar-refractivity contribution in [3.8, 4) is 17.3 Å². The van der Waals surface area contributed by atoms with E-state index >= 15 is 0 Å². The SMILES string of the molecule is CC(C)(C)OC(=O)N1C[C@H](F)C[C@@H]1C(=O)NCc1cc(-c2ccc(C(F)(F)F)nc2)ncc1C#N. The summed E-state index contributed by atoms with van der Waals surface area (Å²) in [5.74, 6) is -0.630. The number of amides is 2. The number of nitriles is 1. The zero-order chi connectivity index (χ0) is 26.0. The van der Waals surface area contributed by atoms with Gasteiger partial charge in [0.15, 0.2) is 0 Å². The summed E-state index contributed by atoms with van der Waals surface area (Å²) in [4.78, 5) is 33.7. The first kappa shape index (κ1) is 25.9. The number of nitrogens with zero attached hydrogens (tertiary/aromatic N) is 4. The van der Waals surface area contributed by atoms with Crippen molar-refractivity contribution in [2.24, 2.45) is 0 Å². The van der Waals surface area contributed by atoms with Crippen molar-refractivity contribution in [2.45, 2.75) is 57.7 Å². The third-order valence-electron chi connectivity index (χ3n) is 5.09. The van der Waals surface area contributed by atoms with Gasteiger partial charge in [-0.1, -0.05) is 0 Å². The number of hydrogen-bond acceptors (Lipinski definition) is 6. The van der Waals surface area contributed by atoms with Gasteiger partial charge in [0.05, 0.1) is 17.8 Å². The van der Waals surface area contributed by atoms with Gasteiger partial charge in [-0.25, -0.2) is 9.18 Å². The second kappa shape index (κ2) is 9.85. The second-order valence-corrected chi connectivity index (χ2v) is 8.97. The molecule has 0 aliphatic carbocycles. The van der Waals surface area contributed by atoms with Crippen molar-refractivity contribution < 1.29 is 31.9 Å². The molecular formula is C23H23F4N5O3. The van der Waals surface area contributed by atoms with Gasteiger partial charge in [-0.3, -0.25) is 19.7 Å². The average Bonchev–Trinajstić information content (AvgIpc) is 3.17. The number of likely N-dealkylation sites (tertiary alicyclic amines) is 1. The molecule has 2 aromatic heterocycles. The third kappa shape index (κ3) is 6.44. The zero-order valence-corrected chi connectivity index (χ0v) is 19.2. The topological polar surface area (TPSA) is 108 Å². The molecule has 186 valence electrons. The predicted octanol–water partition coefficient (Wildman–Crippen LogP) is 4.00. The highest BCUT2D eigenvalue weighted by molar-refractivity contribution is 5.86. The maximum absolute atomic E-state index is 14.0. The van der Waals surface area contributed by atoms with Crippen molar-refractivity contribution in [1.29, 1.82) is 5.26 Å². The van der Waals surface area contributed by atoms with Crippen LogP contribution in [0.1, 0.15) is 44.0 Å². The Balaban J connectivity index is 1.75. The van der Waals surface area contributed by atoms with Crippen LogP contribution in [0.2, 0.25) is 0 Å². The Bertz CT molecular complexity index is 1140. The molecule has 0 aromatic carbocycles. The molecule has 35 heavy (non-hydrogen) atoms. The number of carbonyl (C=O) groups is 2. The lowest BCUT2D eigenvalue weighted by molar-refractivity contribution is -0.141. The Kier molecular flexibility index (Phi) is 7.28. The monoisotopic (exact) mass is 493 g/mol. The number of nitrogens with one attached hydrogen (secondary N) is 1. The van der Waals surface area contributed by atoms with Gasteiger partial charge in [0.2, 0.25) is 5.91 Å². The van der Waals surface area contributed by atoms with Crippen LogP contribution in [0.25, 0.3) is 11.3 Å².